The van der Waals surface area contributed by atoms with Crippen LogP contribution in [-0.4, -0.2) is 21.8 Å². The highest BCUT2D eigenvalue weighted by atomic mass is 16.5. The first-order valence-electron chi connectivity index (χ1n) is 6.74. The lowest BCUT2D eigenvalue weighted by molar-refractivity contribution is 0.152. The molecular weight excluding hydrogens is 252 g/mol. The molecule has 0 saturated heterocycles. The molecule has 4 heteroatoms. The minimum absolute atomic E-state index is 0.0374. The summed E-state index contributed by atoms with van der Waals surface area (Å²) in [5.74, 6) is 0.714. The molecule has 2 rings (SSSR count). The Morgan fingerprint density at radius 2 is 2.10 bits per heavy atom. The zero-order valence-corrected chi connectivity index (χ0v) is 12.5. The summed E-state index contributed by atoms with van der Waals surface area (Å²) < 4.78 is 7.22. The lowest BCUT2D eigenvalue weighted by Gasteiger charge is -2.23. The average Bonchev–Trinajstić information content (AvgIpc) is 2.89. The van der Waals surface area contributed by atoms with E-state index in [1.54, 1.807) is 19.6 Å². The molecule has 0 radical (unpaired) electrons. The molecule has 1 atom stereocenters. The SMILES string of the molecule is COc1ccc(C(C)(C)C)cc1C(O)Cn1ccnc1. The van der Waals surface area contributed by atoms with Crippen molar-refractivity contribution in [3.05, 3.63) is 48.0 Å². The van der Waals surface area contributed by atoms with Crippen LogP contribution in [0.15, 0.2) is 36.9 Å². The van der Waals surface area contributed by atoms with Crippen molar-refractivity contribution in [3.63, 3.8) is 0 Å². The van der Waals surface area contributed by atoms with Crippen molar-refractivity contribution in [2.24, 2.45) is 0 Å². The molecule has 0 aliphatic rings. The van der Waals surface area contributed by atoms with Crippen LogP contribution in [0.2, 0.25) is 0 Å². The molecular formula is C16H22N2O2. The number of benzene rings is 1. The highest BCUT2D eigenvalue weighted by molar-refractivity contribution is 5.41. The summed E-state index contributed by atoms with van der Waals surface area (Å²) in [6.07, 6.45) is 4.61. The van der Waals surface area contributed by atoms with E-state index in [-0.39, 0.29) is 5.41 Å². The van der Waals surface area contributed by atoms with E-state index < -0.39 is 6.10 Å². The Hall–Kier alpha value is -1.81. The Morgan fingerprint density at radius 1 is 1.35 bits per heavy atom. The molecule has 1 aromatic heterocycles. The van der Waals surface area contributed by atoms with Crippen molar-refractivity contribution >= 4 is 0 Å². The molecule has 108 valence electrons. The lowest BCUT2D eigenvalue weighted by atomic mass is 9.85. The fourth-order valence-electron chi connectivity index (χ4n) is 2.15. The maximum Gasteiger partial charge on any atom is 0.124 e. The number of hydrogen-bond acceptors (Lipinski definition) is 3. The third kappa shape index (κ3) is 3.20. The number of rotatable bonds is 4. The maximum atomic E-state index is 10.5. The van der Waals surface area contributed by atoms with E-state index in [1.807, 2.05) is 29.0 Å². The number of nitrogens with zero attached hydrogens (tertiary/aromatic N) is 2. The number of aromatic nitrogens is 2. The number of ether oxygens (including phenoxy) is 1. The molecule has 2 aromatic rings. The topological polar surface area (TPSA) is 47.3 Å². The molecule has 1 unspecified atom stereocenters. The molecule has 0 fully saturated rings. The maximum absolute atomic E-state index is 10.5. The summed E-state index contributed by atoms with van der Waals surface area (Å²) in [6, 6.07) is 6.00. The molecule has 0 spiro atoms. The van der Waals surface area contributed by atoms with E-state index in [2.05, 4.69) is 25.8 Å². The Morgan fingerprint density at radius 3 is 2.65 bits per heavy atom. The van der Waals surface area contributed by atoms with Gasteiger partial charge in [-0.15, -0.1) is 0 Å². The Bertz CT molecular complexity index is 556. The predicted octanol–water partition coefficient (Wildman–Crippen LogP) is 2.92. The molecule has 4 nitrogen and oxygen atoms in total. The highest BCUT2D eigenvalue weighted by Crippen LogP contribution is 2.32. The summed E-state index contributed by atoms with van der Waals surface area (Å²) in [4.78, 5) is 3.99. The van der Waals surface area contributed by atoms with Gasteiger partial charge in [0.2, 0.25) is 0 Å². The molecule has 0 bridgehead atoms. The van der Waals surface area contributed by atoms with Gasteiger partial charge in [-0.3, -0.25) is 0 Å². The van der Waals surface area contributed by atoms with Gasteiger partial charge in [-0.05, 0) is 23.1 Å². The zero-order valence-electron chi connectivity index (χ0n) is 12.5. The Balaban J connectivity index is 2.32. The van der Waals surface area contributed by atoms with E-state index in [4.69, 9.17) is 4.74 Å². The van der Waals surface area contributed by atoms with Gasteiger partial charge >= 0.3 is 0 Å². The quantitative estimate of drug-likeness (QED) is 0.932. The van der Waals surface area contributed by atoms with Gasteiger partial charge in [-0.2, -0.15) is 0 Å². The monoisotopic (exact) mass is 274 g/mol. The standard InChI is InChI=1S/C16H22N2O2/c1-16(2,3)12-5-6-15(20-4)13(9-12)14(19)10-18-8-7-17-11-18/h5-9,11,14,19H,10H2,1-4H3. The normalized spacial score (nSPS) is 13.2. The van der Waals surface area contributed by atoms with Crippen molar-refractivity contribution in [3.8, 4) is 5.75 Å². The predicted molar refractivity (Wildman–Crippen MR) is 78.9 cm³/mol. The van der Waals surface area contributed by atoms with Crippen LogP contribution in [0.5, 0.6) is 5.75 Å². The molecule has 0 saturated carbocycles. The van der Waals surface area contributed by atoms with E-state index in [9.17, 15) is 5.11 Å². The number of methoxy groups -OCH3 is 1. The van der Waals surface area contributed by atoms with Crippen molar-refractivity contribution < 1.29 is 9.84 Å². The minimum Gasteiger partial charge on any atom is -0.496 e. The minimum atomic E-state index is -0.624. The molecule has 1 heterocycles. The summed E-state index contributed by atoms with van der Waals surface area (Å²) in [7, 11) is 1.62. The molecule has 0 aliphatic heterocycles. The summed E-state index contributed by atoms with van der Waals surface area (Å²) in [5, 5.41) is 10.5. The van der Waals surface area contributed by atoms with Crippen LogP contribution >= 0.6 is 0 Å². The van der Waals surface area contributed by atoms with Crippen molar-refractivity contribution in [2.45, 2.75) is 38.8 Å². The van der Waals surface area contributed by atoms with E-state index >= 15 is 0 Å². The molecule has 0 aliphatic carbocycles. The molecule has 20 heavy (non-hydrogen) atoms. The highest BCUT2D eigenvalue weighted by Gasteiger charge is 2.19. The number of aliphatic hydroxyl groups excluding tert-OH is 1. The fourth-order valence-corrected chi connectivity index (χ4v) is 2.15. The fraction of sp³-hybridized carbons (Fsp3) is 0.438. The van der Waals surface area contributed by atoms with Crippen LogP contribution in [0.1, 0.15) is 38.0 Å². The van der Waals surface area contributed by atoms with E-state index in [1.165, 1.54) is 5.56 Å². The van der Waals surface area contributed by atoms with Gasteiger partial charge in [0.15, 0.2) is 0 Å². The number of aliphatic hydroxyl groups is 1. The molecule has 1 N–H and O–H groups in total. The number of imidazole rings is 1. The second-order valence-electron chi connectivity index (χ2n) is 5.98. The second kappa shape index (κ2) is 5.67. The van der Waals surface area contributed by atoms with Crippen molar-refractivity contribution in [2.75, 3.05) is 7.11 Å². The van der Waals surface area contributed by atoms with Crippen LogP contribution in [0.4, 0.5) is 0 Å². The van der Waals surface area contributed by atoms with Crippen LogP contribution in [-0.2, 0) is 12.0 Å². The van der Waals surface area contributed by atoms with Gasteiger partial charge in [0.25, 0.3) is 0 Å². The third-order valence-corrected chi connectivity index (χ3v) is 3.40. The third-order valence-electron chi connectivity index (χ3n) is 3.40. The molecule has 1 aromatic carbocycles. The van der Waals surface area contributed by atoms with Crippen LogP contribution < -0.4 is 4.74 Å². The molecule has 0 amide bonds. The van der Waals surface area contributed by atoms with E-state index in [0.717, 1.165) is 5.56 Å². The Labute approximate surface area is 120 Å². The van der Waals surface area contributed by atoms with Gasteiger partial charge in [-0.1, -0.05) is 26.8 Å². The van der Waals surface area contributed by atoms with Gasteiger partial charge in [-0.25, -0.2) is 4.98 Å². The summed E-state index contributed by atoms with van der Waals surface area (Å²) >= 11 is 0. The van der Waals surface area contributed by atoms with Crippen LogP contribution in [0.3, 0.4) is 0 Å². The Kier molecular flexibility index (Phi) is 4.14. The second-order valence-corrected chi connectivity index (χ2v) is 5.98. The first-order valence-corrected chi connectivity index (χ1v) is 6.74. The van der Waals surface area contributed by atoms with Crippen LogP contribution in [0, 0.1) is 0 Å². The number of hydrogen-bond donors (Lipinski definition) is 1. The smallest absolute Gasteiger partial charge is 0.124 e. The summed E-state index contributed by atoms with van der Waals surface area (Å²) in [5.41, 5.74) is 2.03. The zero-order chi connectivity index (χ0) is 14.8. The van der Waals surface area contributed by atoms with E-state index in [0.29, 0.717) is 12.3 Å². The van der Waals surface area contributed by atoms with Gasteiger partial charge in [0.05, 0.1) is 20.0 Å². The first-order chi connectivity index (χ1) is 9.41. The summed E-state index contributed by atoms with van der Waals surface area (Å²) in [6.45, 7) is 6.92. The van der Waals surface area contributed by atoms with Crippen molar-refractivity contribution in [1.29, 1.82) is 0 Å². The van der Waals surface area contributed by atoms with Gasteiger partial charge < -0.3 is 14.4 Å². The van der Waals surface area contributed by atoms with Crippen molar-refractivity contribution in [1.82, 2.24) is 9.55 Å². The first kappa shape index (κ1) is 14.6. The van der Waals surface area contributed by atoms with Gasteiger partial charge in [0.1, 0.15) is 11.9 Å². The van der Waals surface area contributed by atoms with Crippen LogP contribution in [0.25, 0.3) is 0 Å². The lowest BCUT2D eigenvalue weighted by Crippen LogP contribution is -2.14. The average molecular weight is 274 g/mol. The largest absolute Gasteiger partial charge is 0.496 e. The van der Waals surface area contributed by atoms with Gasteiger partial charge in [0, 0.05) is 18.0 Å².